The SMILES string of the molecule is CCOC(=O)c1ccc2c3cccc(C)c3c(=O)n(OC)c2c1. The maximum absolute atomic E-state index is 12.7. The first-order chi connectivity index (χ1) is 11.1. The summed E-state index contributed by atoms with van der Waals surface area (Å²) < 4.78 is 6.24. The van der Waals surface area contributed by atoms with E-state index >= 15 is 0 Å². The van der Waals surface area contributed by atoms with Crippen LogP contribution in [0.4, 0.5) is 0 Å². The Morgan fingerprint density at radius 3 is 2.65 bits per heavy atom. The first-order valence-electron chi connectivity index (χ1n) is 7.38. The standard InChI is InChI=1S/C18H17NO4/c1-4-23-18(21)12-8-9-13-14-7-5-6-11(2)16(14)17(20)19(22-3)15(13)10-12/h5-10H,4H2,1-3H3. The van der Waals surface area contributed by atoms with Gasteiger partial charge < -0.3 is 9.57 Å². The van der Waals surface area contributed by atoms with Gasteiger partial charge in [0.2, 0.25) is 0 Å². The molecule has 5 heteroatoms. The van der Waals surface area contributed by atoms with E-state index in [0.29, 0.717) is 23.1 Å². The molecule has 0 aliphatic heterocycles. The third-order valence-corrected chi connectivity index (χ3v) is 3.87. The lowest BCUT2D eigenvalue weighted by Crippen LogP contribution is -2.26. The van der Waals surface area contributed by atoms with Crippen molar-refractivity contribution in [2.45, 2.75) is 13.8 Å². The summed E-state index contributed by atoms with van der Waals surface area (Å²) in [5.41, 5.74) is 1.57. The van der Waals surface area contributed by atoms with Crippen LogP contribution in [0.2, 0.25) is 0 Å². The van der Waals surface area contributed by atoms with Crippen molar-refractivity contribution in [2.24, 2.45) is 0 Å². The lowest BCUT2D eigenvalue weighted by molar-refractivity contribution is 0.0526. The number of benzene rings is 2. The van der Waals surface area contributed by atoms with Crippen LogP contribution in [0, 0.1) is 6.92 Å². The molecule has 5 nitrogen and oxygen atoms in total. The van der Waals surface area contributed by atoms with Gasteiger partial charge in [-0.15, -0.1) is 4.73 Å². The van der Waals surface area contributed by atoms with Crippen molar-refractivity contribution in [3.8, 4) is 0 Å². The molecule has 2 aromatic carbocycles. The second kappa shape index (κ2) is 5.76. The minimum absolute atomic E-state index is 0.242. The Morgan fingerprint density at radius 1 is 1.17 bits per heavy atom. The van der Waals surface area contributed by atoms with E-state index in [-0.39, 0.29) is 5.56 Å². The number of aromatic nitrogens is 1. The predicted molar refractivity (Wildman–Crippen MR) is 88.9 cm³/mol. The number of rotatable bonds is 3. The van der Waals surface area contributed by atoms with E-state index in [9.17, 15) is 9.59 Å². The molecule has 0 saturated carbocycles. The fourth-order valence-corrected chi connectivity index (χ4v) is 2.84. The summed E-state index contributed by atoms with van der Waals surface area (Å²) in [6.45, 7) is 3.94. The number of nitrogens with zero attached hydrogens (tertiary/aromatic N) is 1. The molecule has 0 unspecified atom stereocenters. The van der Waals surface area contributed by atoms with Crippen molar-refractivity contribution in [1.82, 2.24) is 4.73 Å². The molecule has 0 fully saturated rings. The van der Waals surface area contributed by atoms with Crippen molar-refractivity contribution < 1.29 is 14.4 Å². The Hall–Kier alpha value is -2.82. The highest BCUT2D eigenvalue weighted by atomic mass is 16.6. The molecule has 0 radical (unpaired) electrons. The predicted octanol–water partition coefficient (Wildman–Crippen LogP) is 2.70. The maximum Gasteiger partial charge on any atom is 0.338 e. The molecule has 1 aromatic heterocycles. The van der Waals surface area contributed by atoms with E-state index in [1.165, 1.54) is 11.8 Å². The zero-order valence-electron chi connectivity index (χ0n) is 13.3. The molecule has 23 heavy (non-hydrogen) atoms. The number of pyridine rings is 1. The summed E-state index contributed by atoms with van der Waals surface area (Å²) in [6.07, 6.45) is 0. The third-order valence-electron chi connectivity index (χ3n) is 3.87. The molecule has 3 rings (SSSR count). The highest BCUT2D eigenvalue weighted by Gasteiger charge is 2.15. The van der Waals surface area contributed by atoms with Gasteiger partial charge in [0.15, 0.2) is 0 Å². The van der Waals surface area contributed by atoms with Crippen molar-refractivity contribution >= 4 is 27.6 Å². The number of aryl methyl sites for hydroxylation is 1. The molecule has 0 saturated heterocycles. The van der Waals surface area contributed by atoms with Gasteiger partial charge in [-0.3, -0.25) is 4.79 Å². The van der Waals surface area contributed by atoms with Crippen LogP contribution in [0.15, 0.2) is 41.2 Å². The molecular weight excluding hydrogens is 294 g/mol. The number of carbonyl (C=O) groups excluding carboxylic acids is 1. The smallest absolute Gasteiger partial charge is 0.338 e. The first kappa shape index (κ1) is 15.1. The van der Waals surface area contributed by atoms with Crippen LogP contribution in [0.5, 0.6) is 0 Å². The Bertz CT molecular complexity index is 972. The largest absolute Gasteiger partial charge is 0.462 e. The number of fused-ring (bicyclic) bond motifs is 3. The molecule has 118 valence electrons. The lowest BCUT2D eigenvalue weighted by Gasteiger charge is -2.13. The monoisotopic (exact) mass is 311 g/mol. The fraction of sp³-hybridized carbons (Fsp3) is 0.222. The summed E-state index contributed by atoms with van der Waals surface area (Å²) in [7, 11) is 1.43. The third kappa shape index (κ3) is 2.34. The average Bonchev–Trinajstić information content (AvgIpc) is 2.55. The molecule has 0 aliphatic carbocycles. The lowest BCUT2D eigenvalue weighted by atomic mass is 10.0. The quantitative estimate of drug-likeness (QED) is 0.551. The van der Waals surface area contributed by atoms with Gasteiger partial charge in [-0.05, 0) is 36.9 Å². The summed E-state index contributed by atoms with van der Waals surface area (Å²) in [5, 5.41) is 2.30. The molecule has 1 heterocycles. The van der Waals surface area contributed by atoms with Crippen LogP contribution in [0.3, 0.4) is 0 Å². The van der Waals surface area contributed by atoms with Gasteiger partial charge in [0.1, 0.15) is 7.11 Å². The zero-order valence-corrected chi connectivity index (χ0v) is 13.3. The van der Waals surface area contributed by atoms with Crippen LogP contribution >= 0.6 is 0 Å². The van der Waals surface area contributed by atoms with Gasteiger partial charge in [-0.2, -0.15) is 0 Å². The zero-order chi connectivity index (χ0) is 16.6. The van der Waals surface area contributed by atoms with Gasteiger partial charge >= 0.3 is 5.97 Å². The van der Waals surface area contributed by atoms with Crippen LogP contribution < -0.4 is 10.4 Å². The summed E-state index contributed by atoms with van der Waals surface area (Å²) in [6, 6.07) is 10.8. The van der Waals surface area contributed by atoms with Crippen LogP contribution in [0.1, 0.15) is 22.8 Å². The van der Waals surface area contributed by atoms with E-state index in [1.54, 1.807) is 19.1 Å². The van der Waals surface area contributed by atoms with Crippen LogP contribution in [-0.2, 0) is 4.74 Å². The Kier molecular flexibility index (Phi) is 3.78. The first-order valence-corrected chi connectivity index (χ1v) is 7.38. The van der Waals surface area contributed by atoms with Gasteiger partial charge in [0.25, 0.3) is 5.56 Å². The van der Waals surface area contributed by atoms with Gasteiger partial charge in [0.05, 0.1) is 23.1 Å². The fourth-order valence-electron chi connectivity index (χ4n) is 2.84. The second-order valence-corrected chi connectivity index (χ2v) is 5.23. The van der Waals surface area contributed by atoms with Crippen LogP contribution in [0.25, 0.3) is 21.7 Å². The topological polar surface area (TPSA) is 57.5 Å². The van der Waals surface area contributed by atoms with E-state index < -0.39 is 5.97 Å². The molecule has 0 N–H and O–H groups in total. The van der Waals surface area contributed by atoms with E-state index in [1.807, 2.05) is 31.2 Å². The number of carbonyl (C=O) groups is 1. The molecule has 0 amide bonds. The van der Waals surface area contributed by atoms with E-state index in [0.717, 1.165) is 16.3 Å². The summed E-state index contributed by atoms with van der Waals surface area (Å²) in [4.78, 5) is 29.9. The van der Waals surface area contributed by atoms with Crippen molar-refractivity contribution in [3.63, 3.8) is 0 Å². The summed E-state index contributed by atoms with van der Waals surface area (Å²) in [5.74, 6) is -0.422. The van der Waals surface area contributed by atoms with E-state index in [4.69, 9.17) is 9.57 Å². The van der Waals surface area contributed by atoms with Crippen molar-refractivity contribution in [3.05, 3.63) is 57.9 Å². The Labute approximate surface area is 133 Å². The number of ether oxygens (including phenoxy) is 1. The normalized spacial score (nSPS) is 10.9. The number of esters is 1. The van der Waals surface area contributed by atoms with Gasteiger partial charge in [-0.25, -0.2) is 4.79 Å². The molecule has 0 bridgehead atoms. The van der Waals surface area contributed by atoms with Gasteiger partial charge in [0, 0.05) is 5.39 Å². The van der Waals surface area contributed by atoms with Crippen LogP contribution in [-0.4, -0.2) is 24.4 Å². The minimum Gasteiger partial charge on any atom is -0.462 e. The molecule has 3 aromatic rings. The minimum atomic E-state index is -0.422. The van der Waals surface area contributed by atoms with Crippen molar-refractivity contribution in [2.75, 3.05) is 13.7 Å². The Balaban J connectivity index is 2.43. The Morgan fingerprint density at radius 2 is 1.96 bits per heavy atom. The molecule has 0 aliphatic rings. The highest BCUT2D eigenvalue weighted by molar-refractivity contribution is 6.08. The number of hydrogen-bond donors (Lipinski definition) is 0. The highest BCUT2D eigenvalue weighted by Crippen LogP contribution is 2.25. The maximum atomic E-state index is 12.7. The van der Waals surface area contributed by atoms with Crippen molar-refractivity contribution in [1.29, 1.82) is 0 Å². The molecule has 0 spiro atoms. The molecule has 0 atom stereocenters. The number of hydrogen-bond acceptors (Lipinski definition) is 4. The van der Waals surface area contributed by atoms with E-state index in [2.05, 4.69) is 0 Å². The summed E-state index contributed by atoms with van der Waals surface area (Å²) >= 11 is 0. The second-order valence-electron chi connectivity index (χ2n) is 5.23. The van der Waals surface area contributed by atoms with Gasteiger partial charge in [-0.1, -0.05) is 24.3 Å². The molecular formula is C18H17NO4. The average molecular weight is 311 g/mol.